The van der Waals surface area contributed by atoms with Crippen LogP contribution in [0.2, 0.25) is 0 Å². The average Bonchev–Trinajstić information content (AvgIpc) is 2.60. The lowest BCUT2D eigenvalue weighted by atomic mass is 10.2. The predicted molar refractivity (Wildman–Crippen MR) is 58.4 cm³/mol. The van der Waals surface area contributed by atoms with Crippen LogP contribution >= 0.6 is 0 Å². The van der Waals surface area contributed by atoms with Gasteiger partial charge in [0.25, 0.3) is 0 Å². The number of hydrogen-bond donors (Lipinski definition) is 0. The van der Waals surface area contributed by atoms with Crippen molar-refractivity contribution in [1.29, 1.82) is 0 Å². The fourth-order valence-electron chi connectivity index (χ4n) is 1.67. The standard InChI is InChI=1S/C12H11F3N2/c1-17-10(9-5-3-2-4-6-9)8-16-11(17)7-12(13,14)15/h2-6,8H,7H2,1H3. The summed E-state index contributed by atoms with van der Waals surface area (Å²) >= 11 is 0. The lowest BCUT2D eigenvalue weighted by Crippen LogP contribution is -2.15. The van der Waals surface area contributed by atoms with Crippen LogP contribution in [0, 0.1) is 0 Å². The van der Waals surface area contributed by atoms with E-state index in [0.717, 1.165) is 5.56 Å². The molecule has 0 saturated heterocycles. The van der Waals surface area contributed by atoms with Crippen molar-refractivity contribution in [2.24, 2.45) is 7.05 Å². The highest BCUT2D eigenvalue weighted by Crippen LogP contribution is 2.24. The van der Waals surface area contributed by atoms with Gasteiger partial charge in [0.1, 0.15) is 12.2 Å². The van der Waals surface area contributed by atoms with Crippen molar-refractivity contribution in [1.82, 2.24) is 9.55 Å². The van der Waals surface area contributed by atoms with Gasteiger partial charge >= 0.3 is 6.18 Å². The second-order valence-electron chi connectivity index (χ2n) is 3.78. The first kappa shape index (κ1) is 11.7. The molecule has 0 fully saturated rings. The van der Waals surface area contributed by atoms with E-state index in [1.807, 2.05) is 30.3 Å². The van der Waals surface area contributed by atoms with E-state index in [9.17, 15) is 13.2 Å². The molecule has 1 aromatic heterocycles. The number of nitrogens with zero attached hydrogens (tertiary/aromatic N) is 2. The Bertz CT molecular complexity index is 500. The van der Waals surface area contributed by atoms with Crippen LogP contribution in [0.25, 0.3) is 11.3 Å². The minimum atomic E-state index is -4.23. The van der Waals surface area contributed by atoms with Gasteiger partial charge in [-0.15, -0.1) is 0 Å². The summed E-state index contributed by atoms with van der Waals surface area (Å²) in [6.07, 6.45) is -3.76. The number of imidazole rings is 1. The summed E-state index contributed by atoms with van der Waals surface area (Å²) in [5, 5.41) is 0. The van der Waals surface area contributed by atoms with E-state index in [2.05, 4.69) is 4.98 Å². The van der Waals surface area contributed by atoms with E-state index in [-0.39, 0.29) is 5.82 Å². The maximum absolute atomic E-state index is 12.3. The topological polar surface area (TPSA) is 17.8 Å². The summed E-state index contributed by atoms with van der Waals surface area (Å²) in [7, 11) is 1.59. The van der Waals surface area contributed by atoms with Crippen molar-refractivity contribution < 1.29 is 13.2 Å². The molecule has 0 atom stereocenters. The zero-order valence-electron chi connectivity index (χ0n) is 9.20. The van der Waals surface area contributed by atoms with Crippen molar-refractivity contribution in [3.63, 3.8) is 0 Å². The largest absolute Gasteiger partial charge is 0.396 e. The summed E-state index contributed by atoms with van der Waals surface area (Å²) < 4.78 is 38.3. The molecule has 90 valence electrons. The number of benzene rings is 1. The van der Waals surface area contributed by atoms with Crippen molar-refractivity contribution in [3.05, 3.63) is 42.4 Å². The van der Waals surface area contributed by atoms with Gasteiger partial charge in [-0.25, -0.2) is 4.98 Å². The molecule has 2 rings (SSSR count). The molecule has 0 bridgehead atoms. The third-order valence-electron chi connectivity index (χ3n) is 2.51. The minimum absolute atomic E-state index is 0.0244. The van der Waals surface area contributed by atoms with Gasteiger partial charge in [0.05, 0.1) is 11.9 Å². The van der Waals surface area contributed by atoms with Gasteiger partial charge in [0.15, 0.2) is 0 Å². The Kier molecular flexibility index (Phi) is 2.92. The van der Waals surface area contributed by atoms with Gasteiger partial charge in [0.2, 0.25) is 0 Å². The molecule has 1 heterocycles. The van der Waals surface area contributed by atoms with E-state index in [1.54, 1.807) is 7.05 Å². The fraction of sp³-hybridized carbons (Fsp3) is 0.250. The van der Waals surface area contributed by atoms with Crippen LogP contribution in [-0.2, 0) is 13.5 Å². The summed E-state index contributed by atoms with van der Waals surface area (Å²) in [6.45, 7) is 0. The normalized spacial score (nSPS) is 11.8. The summed E-state index contributed by atoms with van der Waals surface area (Å²) in [5.41, 5.74) is 1.54. The molecule has 0 amide bonds. The van der Waals surface area contributed by atoms with E-state index in [4.69, 9.17) is 0 Å². The van der Waals surface area contributed by atoms with E-state index in [0.29, 0.717) is 5.69 Å². The van der Waals surface area contributed by atoms with Gasteiger partial charge in [0, 0.05) is 7.05 Å². The van der Waals surface area contributed by atoms with Crippen LogP contribution in [0.5, 0.6) is 0 Å². The Morgan fingerprint density at radius 2 is 1.82 bits per heavy atom. The van der Waals surface area contributed by atoms with Crippen LogP contribution in [0.1, 0.15) is 5.82 Å². The highest BCUT2D eigenvalue weighted by atomic mass is 19.4. The molecule has 2 nitrogen and oxygen atoms in total. The van der Waals surface area contributed by atoms with Crippen molar-refractivity contribution in [3.8, 4) is 11.3 Å². The summed E-state index contributed by atoms with van der Waals surface area (Å²) in [5.74, 6) is 0.0244. The van der Waals surface area contributed by atoms with E-state index < -0.39 is 12.6 Å². The van der Waals surface area contributed by atoms with Crippen LogP contribution in [0.15, 0.2) is 36.5 Å². The Labute approximate surface area is 96.7 Å². The Balaban J connectivity index is 2.34. The van der Waals surface area contributed by atoms with Crippen LogP contribution in [-0.4, -0.2) is 15.7 Å². The fourth-order valence-corrected chi connectivity index (χ4v) is 1.67. The molecule has 2 aromatic rings. The van der Waals surface area contributed by atoms with E-state index >= 15 is 0 Å². The lowest BCUT2D eigenvalue weighted by Gasteiger charge is -2.08. The maximum atomic E-state index is 12.3. The molecule has 0 N–H and O–H groups in total. The summed E-state index contributed by atoms with van der Waals surface area (Å²) in [6, 6.07) is 9.22. The molecule has 17 heavy (non-hydrogen) atoms. The minimum Gasteiger partial charge on any atom is -0.331 e. The molecule has 5 heteroatoms. The first-order valence-corrected chi connectivity index (χ1v) is 5.10. The molecule has 0 spiro atoms. The van der Waals surface area contributed by atoms with Gasteiger partial charge in [-0.3, -0.25) is 0 Å². The molecule has 0 unspecified atom stereocenters. The van der Waals surface area contributed by atoms with E-state index in [1.165, 1.54) is 10.8 Å². The number of alkyl halides is 3. The van der Waals surface area contributed by atoms with Crippen LogP contribution < -0.4 is 0 Å². The molecule has 0 aliphatic carbocycles. The molecule has 0 radical (unpaired) electrons. The molecular weight excluding hydrogens is 229 g/mol. The number of rotatable bonds is 2. The van der Waals surface area contributed by atoms with Gasteiger partial charge in [-0.2, -0.15) is 13.2 Å². The second kappa shape index (κ2) is 4.24. The van der Waals surface area contributed by atoms with Gasteiger partial charge < -0.3 is 4.57 Å². The molecule has 0 aliphatic rings. The van der Waals surface area contributed by atoms with Crippen LogP contribution in [0.4, 0.5) is 13.2 Å². The van der Waals surface area contributed by atoms with Crippen molar-refractivity contribution in [2.45, 2.75) is 12.6 Å². The first-order valence-electron chi connectivity index (χ1n) is 5.10. The van der Waals surface area contributed by atoms with Gasteiger partial charge in [-0.05, 0) is 5.56 Å². The average molecular weight is 240 g/mol. The molecule has 1 aromatic carbocycles. The highest BCUT2D eigenvalue weighted by molar-refractivity contribution is 5.58. The molecule has 0 aliphatic heterocycles. The smallest absolute Gasteiger partial charge is 0.331 e. The van der Waals surface area contributed by atoms with Crippen molar-refractivity contribution >= 4 is 0 Å². The Hall–Kier alpha value is -1.78. The molecular formula is C12H11F3N2. The zero-order chi connectivity index (χ0) is 12.5. The number of halogens is 3. The molecule has 0 saturated carbocycles. The SMILES string of the molecule is Cn1c(-c2ccccc2)cnc1CC(F)(F)F. The number of aromatic nitrogens is 2. The third kappa shape index (κ3) is 2.67. The van der Waals surface area contributed by atoms with Crippen molar-refractivity contribution in [2.75, 3.05) is 0 Å². The maximum Gasteiger partial charge on any atom is 0.396 e. The predicted octanol–water partition coefficient (Wildman–Crippen LogP) is 3.19. The number of hydrogen-bond acceptors (Lipinski definition) is 1. The second-order valence-corrected chi connectivity index (χ2v) is 3.78. The zero-order valence-corrected chi connectivity index (χ0v) is 9.20. The Morgan fingerprint density at radius 1 is 1.18 bits per heavy atom. The lowest BCUT2D eigenvalue weighted by molar-refractivity contribution is -0.128. The third-order valence-corrected chi connectivity index (χ3v) is 2.51. The van der Waals surface area contributed by atoms with Crippen LogP contribution in [0.3, 0.4) is 0 Å². The quantitative estimate of drug-likeness (QED) is 0.788. The summed E-state index contributed by atoms with van der Waals surface area (Å²) in [4.78, 5) is 3.82. The first-order chi connectivity index (χ1) is 7.97. The Morgan fingerprint density at radius 3 is 2.41 bits per heavy atom. The monoisotopic (exact) mass is 240 g/mol. The van der Waals surface area contributed by atoms with Gasteiger partial charge in [-0.1, -0.05) is 30.3 Å². The highest BCUT2D eigenvalue weighted by Gasteiger charge is 2.30.